The van der Waals surface area contributed by atoms with Crippen LogP contribution in [0.4, 0.5) is 5.69 Å². The van der Waals surface area contributed by atoms with Crippen LogP contribution < -0.4 is 5.32 Å². The SMILES string of the molecule is Cc1nn(CC(=O)NC[C@@H](c2ccccc2)N(C)C)c(C)c1[N+](=O)[O-]. The van der Waals surface area contributed by atoms with E-state index >= 15 is 0 Å². The molecule has 0 unspecified atom stereocenters. The first-order valence-corrected chi connectivity index (χ1v) is 7.97. The van der Waals surface area contributed by atoms with Gasteiger partial charge in [-0.3, -0.25) is 19.6 Å². The molecule has 0 aliphatic heterocycles. The molecule has 1 aromatic carbocycles. The number of carbonyl (C=O) groups is 1. The van der Waals surface area contributed by atoms with Gasteiger partial charge in [-0.2, -0.15) is 5.10 Å². The van der Waals surface area contributed by atoms with Gasteiger partial charge in [0.2, 0.25) is 5.91 Å². The van der Waals surface area contributed by atoms with Crippen molar-refractivity contribution in [3.8, 4) is 0 Å². The van der Waals surface area contributed by atoms with E-state index in [0.717, 1.165) is 5.56 Å². The van der Waals surface area contributed by atoms with Crippen LogP contribution in [0.2, 0.25) is 0 Å². The molecule has 1 heterocycles. The normalized spacial score (nSPS) is 12.2. The van der Waals surface area contributed by atoms with Crippen molar-refractivity contribution >= 4 is 11.6 Å². The smallest absolute Gasteiger partial charge is 0.312 e. The topological polar surface area (TPSA) is 93.3 Å². The van der Waals surface area contributed by atoms with Gasteiger partial charge in [-0.1, -0.05) is 30.3 Å². The van der Waals surface area contributed by atoms with E-state index in [-0.39, 0.29) is 24.2 Å². The third-order valence-corrected chi connectivity index (χ3v) is 4.12. The Labute approximate surface area is 146 Å². The zero-order chi connectivity index (χ0) is 18.6. The highest BCUT2D eigenvalue weighted by atomic mass is 16.6. The number of nitrogens with one attached hydrogen (secondary N) is 1. The largest absolute Gasteiger partial charge is 0.353 e. The minimum atomic E-state index is -0.469. The molecule has 1 N–H and O–H groups in total. The molecule has 8 heteroatoms. The lowest BCUT2D eigenvalue weighted by Crippen LogP contribution is -2.36. The molecule has 25 heavy (non-hydrogen) atoms. The summed E-state index contributed by atoms with van der Waals surface area (Å²) in [5.74, 6) is -0.233. The molecule has 0 saturated heterocycles. The molecule has 2 aromatic rings. The third-order valence-electron chi connectivity index (χ3n) is 4.12. The van der Waals surface area contributed by atoms with E-state index in [2.05, 4.69) is 10.4 Å². The van der Waals surface area contributed by atoms with Crippen LogP contribution in [0.25, 0.3) is 0 Å². The van der Waals surface area contributed by atoms with E-state index in [4.69, 9.17) is 0 Å². The van der Waals surface area contributed by atoms with Crippen LogP contribution in [0.15, 0.2) is 30.3 Å². The summed E-state index contributed by atoms with van der Waals surface area (Å²) in [6.07, 6.45) is 0. The molecule has 0 radical (unpaired) electrons. The highest BCUT2D eigenvalue weighted by Crippen LogP contribution is 2.21. The maximum Gasteiger partial charge on any atom is 0.312 e. The second-order valence-corrected chi connectivity index (χ2v) is 6.13. The molecule has 0 spiro atoms. The zero-order valence-electron chi connectivity index (χ0n) is 14.9. The minimum absolute atomic E-state index is 0.0387. The molecular formula is C17H23N5O3. The van der Waals surface area contributed by atoms with Gasteiger partial charge in [0.1, 0.15) is 17.9 Å². The van der Waals surface area contributed by atoms with Crippen molar-refractivity contribution in [3.05, 3.63) is 57.4 Å². The lowest BCUT2D eigenvalue weighted by Gasteiger charge is -2.25. The van der Waals surface area contributed by atoms with E-state index in [1.54, 1.807) is 13.8 Å². The number of nitrogens with zero attached hydrogens (tertiary/aromatic N) is 4. The van der Waals surface area contributed by atoms with Crippen molar-refractivity contribution < 1.29 is 9.72 Å². The Balaban J connectivity index is 2.03. The Bertz CT molecular complexity index is 755. The summed E-state index contributed by atoms with van der Waals surface area (Å²) in [6.45, 7) is 3.56. The predicted molar refractivity (Wildman–Crippen MR) is 94.2 cm³/mol. The number of amides is 1. The fraction of sp³-hybridized carbons (Fsp3) is 0.412. The number of hydrogen-bond acceptors (Lipinski definition) is 5. The molecule has 1 aromatic heterocycles. The standard InChI is InChI=1S/C17H23N5O3/c1-12-17(22(24)25)13(2)21(19-12)11-16(23)18-10-15(20(3)4)14-8-6-5-7-9-14/h5-9,15H,10-11H2,1-4H3,(H,18,23)/t15-/m0/s1. The first-order chi connectivity index (χ1) is 11.8. The quantitative estimate of drug-likeness (QED) is 0.610. The number of nitro groups is 1. The molecule has 8 nitrogen and oxygen atoms in total. The van der Waals surface area contributed by atoms with E-state index in [0.29, 0.717) is 17.9 Å². The molecule has 0 bridgehead atoms. The van der Waals surface area contributed by atoms with E-state index < -0.39 is 4.92 Å². The van der Waals surface area contributed by atoms with Gasteiger partial charge in [0.25, 0.3) is 0 Å². The summed E-state index contributed by atoms with van der Waals surface area (Å²) in [4.78, 5) is 24.9. The zero-order valence-corrected chi connectivity index (χ0v) is 14.9. The summed E-state index contributed by atoms with van der Waals surface area (Å²) < 4.78 is 1.37. The van der Waals surface area contributed by atoms with Crippen molar-refractivity contribution in [2.75, 3.05) is 20.6 Å². The van der Waals surface area contributed by atoms with E-state index in [1.165, 1.54) is 4.68 Å². The minimum Gasteiger partial charge on any atom is -0.353 e. The fourth-order valence-electron chi connectivity index (χ4n) is 2.78. The summed E-state index contributed by atoms with van der Waals surface area (Å²) >= 11 is 0. The van der Waals surface area contributed by atoms with E-state index in [1.807, 2.05) is 49.3 Å². The molecule has 134 valence electrons. The van der Waals surface area contributed by atoms with Crippen LogP contribution in [-0.2, 0) is 11.3 Å². The number of aromatic nitrogens is 2. The number of hydrogen-bond donors (Lipinski definition) is 1. The fourth-order valence-corrected chi connectivity index (χ4v) is 2.78. The Kier molecular flexibility index (Phi) is 5.87. The molecule has 1 atom stereocenters. The number of carbonyl (C=O) groups excluding carboxylic acids is 1. The van der Waals surface area contributed by atoms with Crippen LogP contribution in [0, 0.1) is 24.0 Å². The van der Waals surface area contributed by atoms with Gasteiger partial charge in [0.05, 0.1) is 11.0 Å². The van der Waals surface area contributed by atoms with Gasteiger partial charge < -0.3 is 10.2 Å². The summed E-state index contributed by atoms with van der Waals surface area (Å²) in [6, 6.07) is 9.94. The molecule has 0 aliphatic carbocycles. The van der Waals surface area contributed by atoms with Crippen molar-refractivity contribution in [1.82, 2.24) is 20.0 Å². The molecule has 0 saturated carbocycles. The second kappa shape index (κ2) is 7.89. The van der Waals surface area contributed by atoms with Crippen molar-refractivity contribution in [1.29, 1.82) is 0 Å². The first kappa shape index (κ1) is 18.6. The summed E-state index contributed by atoms with van der Waals surface area (Å²) in [5.41, 5.74) is 1.76. The third kappa shape index (κ3) is 4.42. The van der Waals surface area contributed by atoms with Gasteiger partial charge in [-0.15, -0.1) is 0 Å². The van der Waals surface area contributed by atoms with Gasteiger partial charge >= 0.3 is 5.69 Å². The molecule has 0 aliphatic rings. The summed E-state index contributed by atoms with van der Waals surface area (Å²) in [5, 5.41) is 18.0. The molecule has 1 amide bonds. The lowest BCUT2D eigenvalue weighted by molar-refractivity contribution is -0.386. The van der Waals surface area contributed by atoms with Crippen LogP contribution >= 0.6 is 0 Å². The number of benzene rings is 1. The Morgan fingerprint density at radius 3 is 2.48 bits per heavy atom. The van der Waals surface area contributed by atoms with Crippen LogP contribution in [-0.4, -0.2) is 46.2 Å². The van der Waals surface area contributed by atoms with Crippen molar-refractivity contribution in [2.45, 2.75) is 26.4 Å². The summed E-state index contributed by atoms with van der Waals surface area (Å²) in [7, 11) is 3.91. The average molecular weight is 345 g/mol. The number of rotatable bonds is 7. The second-order valence-electron chi connectivity index (χ2n) is 6.13. The van der Waals surface area contributed by atoms with Crippen molar-refractivity contribution in [2.24, 2.45) is 0 Å². The molecule has 0 fully saturated rings. The van der Waals surface area contributed by atoms with Crippen LogP contribution in [0.1, 0.15) is 23.0 Å². The number of likely N-dealkylation sites (N-methyl/N-ethyl adjacent to an activating group) is 1. The van der Waals surface area contributed by atoms with E-state index in [9.17, 15) is 14.9 Å². The Morgan fingerprint density at radius 1 is 1.32 bits per heavy atom. The highest BCUT2D eigenvalue weighted by molar-refractivity contribution is 5.75. The van der Waals surface area contributed by atoms with Crippen molar-refractivity contribution in [3.63, 3.8) is 0 Å². The highest BCUT2D eigenvalue weighted by Gasteiger charge is 2.23. The van der Waals surface area contributed by atoms with Gasteiger partial charge in [-0.05, 0) is 33.5 Å². The van der Waals surface area contributed by atoms with Gasteiger partial charge in [0.15, 0.2) is 0 Å². The average Bonchev–Trinajstić information content (AvgIpc) is 2.82. The monoisotopic (exact) mass is 345 g/mol. The molecule has 2 rings (SSSR count). The molecular weight excluding hydrogens is 322 g/mol. The van der Waals surface area contributed by atoms with Gasteiger partial charge in [-0.25, -0.2) is 0 Å². The maximum atomic E-state index is 12.3. The first-order valence-electron chi connectivity index (χ1n) is 7.97. The predicted octanol–water partition coefficient (Wildman–Crippen LogP) is 1.83. The van der Waals surface area contributed by atoms with Crippen LogP contribution in [0.3, 0.4) is 0 Å². The number of aryl methyl sites for hydroxylation is 1. The maximum absolute atomic E-state index is 12.3. The van der Waals surface area contributed by atoms with Gasteiger partial charge in [0, 0.05) is 6.54 Å². The Hall–Kier alpha value is -2.74. The Morgan fingerprint density at radius 2 is 1.96 bits per heavy atom. The van der Waals surface area contributed by atoms with Crippen LogP contribution in [0.5, 0.6) is 0 Å². The lowest BCUT2D eigenvalue weighted by atomic mass is 10.1.